The second-order valence-corrected chi connectivity index (χ2v) is 4.67. The average molecular weight is 289 g/mol. The zero-order valence-electron chi connectivity index (χ0n) is 11.4. The fourth-order valence-electron chi connectivity index (χ4n) is 1.81. The summed E-state index contributed by atoms with van der Waals surface area (Å²) in [6.07, 6.45) is -3.35. The summed E-state index contributed by atoms with van der Waals surface area (Å²) < 4.78 is 37.3. The summed E-state index contributed by atoms with van der Waals surface area (Å²) in [5, 5.41) is 12.0. The first-order valence-corrected chi connectivity index (χ1v) is 6.38. The van der Waals surface area contributed by atoms with Gasteiger partial charge in [0.1, 0.15) is 0 Å². The van der Waals surface area contributed by atoms with Crippen LogP contribution in [0.25, 0.3) is 0 Å². The highest BCUT2D eigenvalue weighted by Crippen LogP contribution is 2.29. The van der Waals surface area contributed by atoms with E-state index in [9.17, 15) is 23.1 Å². The molecule has 0 radical (unpaired) electrons. The van der Waals surface area contributed by atoms with E-state index in [1.54, 1.807) is 0 Å². The summed E-state index contributed by atoms with van der Waals surface area (Å²) in [5.74, 6) is -0.489. The molecule has 1 aromatic rings. The largest absolute Gasteiger partial charge is 0.416 e. The lowest BCUT2D eigenvalue weighted by Gasteiger charge is -2.30. The van der Waals surface area contributed by atoms with Crippen molar-refractivity contribution >= 4 is 5.91 Å². The van der Waals surface area contributed by atoms with Crippen LogP contribution in [0.5, 0.6) is 0 Å². The zero-order valence-corrected chi connectivity index (χ0v) is 11.4. The van der Waals surface area contributed by atoms with Gasteiger partial charge in [-0.3, -0.25) is 4.79 Å². The van der Waals surface area contributed by atoms with Gasteiger partial charge in [0.05, 0.1) is 17.7 Å². The minimum absolute atomic E-state index is 0.137. The van der Waals surface area contributed by atoms with Crippen molar-refractivity contribution in [2.75, 3.05) is 6.61 Å². The van der Waals surface area contributed by atoms with E-state index in [1.807, 2.05) is 13.8 Å². The van der Waals surface area contributed by atoms with Gasteiger partial charge >= 0.3 is 6.18 Å². The summed E-state index contributed by atoms with van der Waals surface area (Å²) in [7, 11) is 0. The predicted molar refractivity (Wildman–Crippen MR) is 69.3 cm³/mol. The molecule has 0 bridgehead atoms. The molecule has 2 N–H and O–H groups in total. The number of nitrogens with one attached hydrogen (secondary N) is 1. The highest BCUT2D eigenvalue weighted by Gasteiger charge is 2.31. The van der Waals surface area contributed by atoms with Gasteiger partial charge in [0.25, 0.3) is 5.91 Å². The first-order valence-electron chi connectivity index (χ1n) is 6.38. The quantitative estimate of drug-likeness (QED) is 0.875. The number of amides is 1. The third-order valence-electron chi connectivity index (χ3n) is 3.51. The van der Waals surface area contributed by atoms with Crippen molar-refractivity contribution in [1.29, 1.82) is 0 Å². The predicted octanol–water partition coefficient (Wildman–Crippen LogP) is 2.99. The van der Waals surface area contributed by atoms with Crippen molar-refractivity contribution in [1.82, 2.24) is 5.32 Å². The summed E-state index contributed by atoms with van der Waals surface area (Å²) in [6.45, 7) is 3.44. The number of aliphatic hydroxyl groups is 1. The Hall–Kier alpha value is -1.56. The van der Waals surface area contributed by atoms with Crippen LogP contribution in [0.3, 0.4) is 0 Å². The van der Waals surface area contributed by atoms with E-state index in [2.05, 4.69) is 5.32 Å². The van der Waals surface area contributed by atoms with Gasteiger partial charge in [-0.2, -0.15) is 13.2 Å². The van der Waals surface area contributed by atoms with Crippen LogP contribution in [0.1, 0.15) is 42.6 Å². The van der Waals surface area contributed by atoms with Crippen LogP contribution in [0.15, 0.2) is 24.3 Å². The van der Waals surface area contributed by atoms with E-state index in [0.717, 1.165) is 24.3 Å². The Kier molecular flexibility index (Phi) is 5.16. The zero-order chi connectivity index (χ0) is 15.4. The number of carbonyl (C=O) groups excluding carboxylic acids is 1. The molecule has 112 valence electrons. The molecule has 0 aliphatic carbocycles. The van der Waals surface area contributed by atoms with Crippen LogP contribution in [-0.2, 0) is 6.18 Å². The molecule has 0 aliphatic rings. The van der Waals surface area contributed by atoms with Crippen molar-refractivity contribution < 1.29 is 23.1 Å². The molecule has 0 aromatic heterocycles. The van der Waals surface area contributed by atoms with Gasteiger partial charge in [0.15, 0.2) is 0 Å². The van der Waals surface area contributed by atoms with Crippen LogP contribution in [0.4, 0.5) is 13.2 Å². The number of benzene rings is 1. The topological polar surface area (TPSA) is 49.3 Å². The molecule has 0 spiro atoms. The lowest BCUT2D eigenvalue weighted by Crippen LogP contribution is -2.50. The Morgan fingerprint density at radius 1 is 1.15 bits per heavy atom. The number of carbonyl (C=O) groups is 1. The van der Waals surface area contributed by atoms with Gasteiger partial charge in [-0.25, -0.2) is 0 Å². The number of hydrogen-bond acceptors (Lipinski definition) is 2. The maximum Gasteiger partial charge on any atom is 0.416 e. The minimum Gasteiger partial charge on any atom is -0.394 e. The molecule has 3 nitrogen and oxygen atoms in total. The Morgan fingerprint density at radius 3 is 2.00 bits per heavy atom. The molecular formula is C14H18F3NO2. The molecule has 0 unspecified atom stereocenters. The van der Waals surface area contributed by atoms with Gasteiger partial charge in [0.2, 0.25) is 0 Å². The van der Waals surface area contributed by atoms with Crippen molar-refractivity contribution in [3.63, 3.8) is 0 Å². The summed E-state index contributed by atoms with van der Waals surface area (Å²) in [5.41, 5.74) is -1.40. The Morgan fingerprint density at radius 2 is 1.65 bits per heavy atom. The number of hydrogen-bond donors (Lipinski definition) is 2. The van der Waals surface area contributed by atoms with E-state index in [0.29, 0.717) is 12.8 Å². The van der Waals surface area contributed by atoms with Gasteiger partial charge in [-0.1, -0.05) is 13.8 Å². The highest BCUT2D eigenvalue weighted by molar-refractivity contribution is 5.94. The van der Waals surface area contributed by atoms with Crippen LogP contribution in [-0.4, -0.2) is 23.2 Å². The van der Waals surface area contributed by atoms with Crippen molar-refractivity contribution in [3.05, 3.63) is 35.4 Å². The first kappa shape index (κ1) is 16.5. The second kappa shape index (κ2) is 6.26. The van der Waals surface area contributed by atoms with Gasteiger partial charge in [-0.05, 0) is 37.1 Å². The first-order chi connectivity index (χ1) is 9.28. The molecule has 0 fully saturated rings. The van der Waals surface area contributed by atoms with Crippen LogP contribution in [0.2, 0.25) is 0 Å². The molecule has 0 saturated heterocycles. The van der Waals surface area contributed by atoms with E-state index >= 15 is 0 Å². The van der Waals surface area contributed by atoms with Gasteiger partial charge < -0.3 is 10.4 Å². The molecule has 1 aromatic carbocycles. The van der Waals surface area contributed by atoms with E-state index in [4.69, 9.17) is 0 Å². The van der Waals surface area contributed by atoms with Crippen LogP contribution >= 0.6 is 0 Å². The number of aliphatic hydroxyl groups excluding tert-OH is 1. The van der Waals surface area contributed by atoms with Crippen molar-refractivity contribution in [2.24, 2.45) is 0 Å². The average Bonchev–Trinajstić information content (AvgIpc) is 2.44. The van der Waals surface area contributed by atoms with Crippen LogP contribution in [0, 0.1) is 0 Å². The molecule has 0 aliphatic heterocycles. The van der Waals surface area contributed by atoms with E-state index < -0.39 is 23.2 Å². The van der Waals surface area contributed by atoms with Crippen molar-refractivity contribution in [3.8, 4) is 0 Å². The minimum atomic E-state index is -4.42. The fraction of sp³-hybridized carbons (Fsp3) is 0.500. The monoisotopic (exact) mass is 289 g/mol. The number of halogens is 3. The summed E-state index contributed by atoms with van der Waals surface area (Å²) in [4.78, 5) is 12.0. The Bertz CT molecular complexity index is 442. The highest BCUT2D eigenvalue weighted by atomic mass is 19.4. The fourth-order valence-corrected chi connectivity index (χ4v) is 1.81. The maximum atomic E-state index is 12.4. The number of rotatable bonds is 5. The lowest BCUT2D eigenvalue weighted by molar-refractivity contribution is -0.137. The van der Waals surface area contributed by atoms with E-state index in [-0.39, 0.29) is 12.2 Å². The smallest absolute Gasteiger partial charge is 0.394 e. The van der Waals surface area contributed by atoms with Crippen molar-refractivity contribution in [2.45, 2.75) is 38.4 Å². The molecule has 20 heavy (non-hydrogen) atoms. The molecule has 1 rings (SSSR count). The standard InChI is InChI=1S/C14H18F3NO2/c1-3-13(4-2,9-19)18-12(20)10-5-7-11(8-6-10)14(15,16)17/h5-8,19H,3-4,9H2,1-2H3,(H,18,20). The third-order valence-corrected chi connectivity index (χ3v) is 3.51. The molecular weight excluding hydrogens is 271 g/mol. The second-order valence-electron chi connectivity index (χ2n) is 4.67. The molecule has 0 saturated carbocycles. The molecule has 6 heteroatoms. The molecule has 0 heterocycles. The normalized spacial score (nSPS) is 12.3. The summed E-state index contributed by atoms with van der Waals surface area (Å²) in [6, 6.07) is 4.00. The maximum absolute atomic E-state index is 12.4. The Balaban J connectivity index is 2.88. The summed E-state index contributed by atoms with van der Waals surface area (Å²) >= 11 is 0. The van der Waals surface area contributed by atoms with Gasteiger partial charge in [-0.15, -0.1) is 0 Å². The van der Waals surface area contributed by atoms with Crippen LogP contribution < -0.4 is 5.32 Å². The van der Waals surface area contributed by atoms with Gasteiger partial charge in [0, 0.05) is 5.56 Å². The number of alkyl halides is 3. The third kappa shape index (κ3) is 3.72. The molecule has 0 atom stereocenters. The van der Waals surface area contributed by atoms with E-state index in [1.165, 1.54) is 0 Å². The SMILES string of the molecule is CCC(CC)(CO)NC(=O)c1ccc(C(F)(F)F)cc1. The molecule has 1 amide bonds. The Labute approximate surface area is 115 Å². The lowest BCUT2D eigenvalue weighted by atomic mass is 9.93.